The molecule has 1 aromatic rings. The van der Waals surface area contributed by atoms with Gasteiger partial charge in [-0.05, 0) is 12.0 Å². The molecule has 43 valence electrons. The summed E-state index contributed by atoms with van der Waals surface area (Å²) in [4.78, 5) is 0. The van der Waals surface area contributed by atoms with Gasteiger partial charge < -0.3 is 0 Å². The summed E-state index contributed by atoms with van der Waals surface area (Å²) in [5, 5.41) is 0. The minimum Gasteiger partial charge on any atom is -0.0622 e. The van der Waals surface area contributed by atoms with Crippen molar-refractivity contribution >= 4 is 0 Å². The van der Waals surface area contributed by atoms with Gasteiger partial charge in [0.2, 0.25) is 0 Å². The van der Waals surface area contributed by atoms with Crippen LogP contribution in [0.2, 0.25) is 0 Å². The molecule has 0 N–H and O–H groups in total. The fourth-order valence-electron chi connectivity index (χ4n) is 0.714. The molecule has 0 heteroatoms. The zero-order valence-corrected chi connectivity index (χ0v) is 5.09. The molecule has 0 heterocycles. The SMILES string of the molecule is CCc1ccccc1.[H]. The molecule has 0 atom stereocenters. The molecule has 0 nitrogen and oxygen atoms in total. The van der Waals surface area contributed by atoms with E-state index < -0.39 is 0 Å². The third-order valence-corrected chi connectivity index (χ3v) is 1.25. The molecule has 0 aliphatic heterocycles. The fraction of sp³-hybridized carbons (Fsp3) is 0.250. The lowest BCUT2D eigenvalue weighted by atomic mass is 10.2. The molecule has 0 bridgehead atoms. The van der Waals surface area contributed by atoms with Gasteiger partial charge in [0.25, 0.3) is 0 Å². The number of benzene rings is 1. The second-order valence-electron chi connectivity index (χ2n) is 1.84. The monoisotopic (exact) mass is 107 g/mol. The van der Waals surface area contributed by atoms with E-state index in [0.717, 1.165) is 6.42 Å². The molecule has 0 spiro atoms. The molecule has 8 heavy (non-hydrogen) atoms. The highest BCUT2D eigenvalue weighted by Crippen LogP contribution is 1.96. The molecule has 0 amide bonds. The van der Waals surface area contributed by atoms with Crippen molar-refractivity contribution in [2.24, 2.45) is 0 Å². The lowest BCUT2D eigenvalue weighted by Gasteiger charge is -1.89. The van der Waals surface area contributed by atoms with E-state index in [2.05, 4.69) is 31.2 Å². The zero-order valence-electron chi connectivity index (χ0n) is 6.09. The maximum absolute atomic E-state index is 2.16. The standard InChI is InChI=1S/C8H10.H/c1-2-8-6-4-3-5-7-8;/h3-7H,2H2,1H3;. The highest BCUT2D eigenvalue weighted by atomic mass is 13.9. The van der Waals surface area contributed by atoms with E-state index in [-0.39, 0.29) is 1.43 Å². The van der Waals surface area contributed by atoms with Gasteiger partial charge in [-0.15, -0.1) is 0 Å². The molecule has 0 saturated heterocycles. The second-order valence-corrected chi connectivity index (χ2v) is 1.84. The average molecular weight is 107 g/mol. The first kappa shape index (κ1) is 5.36. The lowest BCUT2D eigenvalue weighted by molar-refractivity contribution is 1.14. The van der Waals surface area contributed by atoms with Crippen molar-refractivity contribution in [3.05, 3.63) is 35.9 Å². The van der Waals surface area contributed by atoms with Crippen LogP contribution in [0, 0.1) is 0 Å². The van der Waals surface area contributed by atoms with Crippen LogP contribution in [0.15, 0.2) is 30.3 Å². The first-order chi connectivity index (χ1) is 3.93. The predicted molar refractivity (Wildman–Crippen MR) is 36.9 cm³/mol. The normalized spacial score (nSPS) is 9.12. The highest BCUT2D eigenvalue weighted by molar-refractivity contribution is 5.13. The van der Waals surface area contributed by atoms with E-state index in [4.69, 9.17) is 0 Å². The van der Waals surface area contributed by atoms with Crippen molar-refractivity contribution in [1.82, 2.24) is 0 Å². The van der Waals surface area contributed by atoms with E-state index in [9.17, 15) is 0 Å². The van der Waals surface area contributed by atoms with Crippen LogP contribution in [-0.4, -0.2) is 0 Å². The van der Waals surface area contributed by atoms with Crippen LogP contribution in [0.25, 0.3) is 0 Å². The summed E-state index contributed by atoms with van der Waals surface area (Å²) < 4.78 is 0. The summed E-state index contributed by atoms with van der Waals surface area (Å²) in [6.07, 6.45) is 1.14. The lowest BCUT2D eigenvalue weighted by Crippen LogP contribution is -1.73. The van der Waals surface area contributed by atoms with Crippen molar-refractivity contribution in [1.29, 1.82) is 0 Å². The Morgan fingerprint density at radius 2 is 1.88 bits per heavy atom. The highest BCUT2D eigenvalue weighted by Gasteiger charge is 1.79. The van der Waals surface area contributed by atoms with Gasteiger partial charge in [0, 0.05) is 1.43 Å². The van der Waals surface area contributed by atoms with Gasteiger partial charge in [-0.25, -0.2) is 0 Å². The third-order valence-electron chi connectivity index (χ3n) is 1.25. The van der Waals surface area contributed by atoms with Gasteiger partial charge in [0.15, 0.2) is 0 Å². The number of rotatable bonds is 1. The molecule has 1 aromatic carbocycles. The Labute approximate surface area is 51.6 Å². The molecule has 0 fully saturated rings. The van der Waals surface area contributed by atoms with Crippen molar-refractivity contribution in [2.45, 2.75) is 13.3 Å². The summed E-state index contributed by atoms with van der Waals surface area (Å²) in [5.74, 6) is 0. The maximum atomic E-state index is 2.16. The minimum atomic E-state index is 0. The van der Waals surface area contributed by atoms with Crippen LogP contribution in [-0.2, 0) is 6.42 Å². The predicted octanol–water partition coefficient (Wildman–Crippen LogP) is 2.36. The summed E-state index contributed by atoms with van der Waals surface area (Å²) in [6, 6.07) is 10.5. The Morgan fingerprint density at radius 3 is 2.25 bits per heavy atom. The summed E-state index contributed by atoms with van der Waals surface area (Å²) in [6.45, 7) is 2.16. The van der Waals surface area contributed by atoms with E-state index in [1.54, 1.807) is 0 Å². The van der Waals surface area contributed by atoms with Gasteiger partial charge in [-0.3, -0.25) is 0 Å². The van der Waals surface area contributed by atoms with Gasteiger partial charge in [-0.1, -0.05) is 37.3 Å². The summed E-state index contributed by atoms with van der Waals surface area (Å²) in [7, 11) is 0. The molecule has 0 aliphatic rings. The Kier molecular flexibility index (Phi) is 1.68. The van der Waals surface area contributed by atoms with Gasteiger partial charge in [-0.2, -0.15) is 0 Å². The van der Waals surface area contributed by atoms with Crippen molar-refractivity contribution in [3.8, 4) is 0 Å². The van der Waals surface area contributed by atoms with Crippen LogP contribution >= 0.6 is 0 Å². The Balaban J connectivity index is 0.000000640. The van der Waals surface area contributed by atoms with Gasteiger partial charge in [0.1, 0.15) is 0 Å². The Morgan fingerprint density at radius 1 is 1.25 bits per heavy atom. The van der Waals surface area contributed by atoms with E-state index in [1.807, 2.05) is 6.07 Å². The molecular weight excluding hydrogens is 96.1 g/mol. The second kappa shape index (κ2) is 2.51. The number of aryl methyl sites for hydroxylation is 1. The van der Waals surface area contributed by atoms with Gasteiger partial charge in [0.05, 0.1) is 0 Å². The molecule has 0 unspecified atom stereocenters. The van der Waals surface area contributed by atoms with Crippen LogP contribution in [0.3, 0.4) is 0 Å². The van der Waals surface area contributed by atoms with Crippen molar-refractivity contribution in [3.63, 3.8) is 0 Å². The number of hydrogen-bond donors (Lipinski definition) is 0. The topological polar surface area (TPSA) is 0 Å². The Bertz CT molecular complexity index is 146. The Hall–Kier alpha value is -0.780. The largest absolute Gasteiger partial charge is 0.0622 e. The van der Waals surface area contributed by atoms with Crippen LogP contribution in [0.5, 0.6) is 0 Å². The van der Waals surface area contributed by atoms with E-state index in [1.165, 1.54) is 5.56 Å². The van der Waals surface area contributed by atoms with Crippen LogP contribution in [0.1, 0.15) is 13.9 Å². The van der Waals surface area contributed by atoms with Crippen molar-refractivity contribution < 1.29 is 1.43 Å². The number of hydrogen-bond acceptors (Lipinski definition) is 0. The van der Waals surface area contributed by atoms with Gasteiger partial charge >= 0.3 is 0 Å². The molecule has 0 aromatic heterocycles. The fourth-order valence-corrected chi connectivity index (χ4v) is 0.714. The molecular formula is C8H11. The first-order valence-corrected chi connectivity index (χ1v) is 2.97. The smallest absolute Gasteiger partial charge is 0 e. The van der Waals surface area contributed by atoms with Crippen molar-refractivity contribution in [2.75, 3.05) is 0 Å². The van der Waals surface area contributed by atoms with E-state index in [0.29, 0.717) is 0 Å². The van der Waals surface area contributed by atoms with Crippen LogP contribution in [0.4, 0.5) is 0 Å². The zero-order chi connectivity index (χ0) is 5.82. The van der Waals surface area contributed by atoms with Crippen LogP contribution < -0.4 is 0 Å². The molecule has 0 saturated carbocycles. The summed E-state index contributed by atoms with van der Waals surface area (Å²) in [5.41, 5.74) is 1.41. The minimum absolute atomic E-state index is 0. The quantitative estimate of drug-likeness (QED) is 0.516. The van der Waals surface area contributed by atoms with E-state index >= 15 is 0 Å². The summed E-state index contributed by atoms with van der Waals surface area (Å²) >= 11 is 0. The molecule has 0 aliphatic carbocycles. The maximum Gasteiger partial charge on any atom is 0 e. The third kappa shape index (κ3) is 1.09. The molecule has 1 rings (SSSR count). The average Bonchev–Trinajstić information content (AvgIpc) is 1.90. The molecule has 1 radical (unpaired) electrons. The first-order valence-electron chi connectivity index (χ1n) is 2.97.